The van der Waals surface area contributed by atoms with Gasteiger partial charge in [-0.2, -0.15) is 5.26 Å². The van der Waals surface area contributed by atoms with Crippen molar-refractivity contribution in [1.29, 1.82) is 5.26 Å². The first-order chi connectivity index (χ1) is 6.61. The number of hydrogen-bond donors (Lipinski definition) is 1. The van der Waals surface area contributed by atoms with Crippen LogP contribution < -0.4 is 5.73 Å². The Balaban J connectivity index is 3.46. The van der Waals surface area contributed by atoms with Crippen molar-refractivity contribution in [3.05, 3.63) is 23.0 Å². The average Bonchev–Trinajstić information content (AvgIpc) is 2.17. The lowest BCUT2D eigenvalue weighted by Gasteiger charge is -2.09. The number of alkyl halides is 3. The molecule has 74 valence electrons. The third kappa shape index (κ3) is 1.75. The predicted molar refractivity (Wildman–Crippen MR) is 47.9 cm³/mol. The van der Waals surface area contributed by atoms with E-state index in [4.69, 9.17) is 22.6 Å². The van der Waals surface area contributed by atoms with Gasteiger partial charge in [-0.05, 0) is 0 Å². The summed E-state index contributed by atoms with van der Waals surface area (Å²) in [6, 6.07) is 1.57. The zero-order chi connectivity index (χ0) is 10.7. The third-order valence-electron chi connectivity index (χ3n) is 1.72. The quantitative estimate of drug-likeness (QED) is 0.773. The molecule has 1 aromatic heterocycles. The summed E-state index contributed by atoms with van der Waals surface area (Å²) in [5.74, 6) is -0.164. The van der Waals surface area contributed by atoms with Gasteiger partial charge in [0, 0.05) is 5.56 Å². The van der Waals surface area contributed by atoms with E-state index in [1.807, 2.05) is 0 Å². The van der Waals surface area contributed by atoms with Gasteiger partial charge in [-0.15, -0.1) is 11.6 Å². The molecule has 0 aliphatic carbocycles. The summed E-state index contributed by atoms with van der Waals surface area (Å²) in [6.45, 7) is 0. The van der Waals surface area contributed by atoms with Crippen LogP contribution in [0.5, 0.6) is 0 Å². The molecular weight excluding hydrogens is 212 g/mol. The monoisotopic (exact) mass is 217 g/mol. The minimum absolute atomic E-state index is 0.0771. The highest BCUT2D eigenvalue weighted by molar-refractivity contribution is 6.17. The first kappa shape index (κ1) is 10.7. The van der Waals surface area contributed by atoms with E-state index in [2.05, 4.69) is 4.98 Å². The molecule has 1 heterocycles. The number of aromatic nitrogens is 1. The van der Waals surface area contributed by atoms with Gasteiger partial charge < -0.3 is 5.73 Å². The van der Waals surface area contributed by atoms with E-state index in [0.29, 0.717) is 0 Å². The van der Waals surface area contributed by atoms with Crippen molar-refractivity contribution in [1.82, 2.24) is 4.98 Å². The second-order valence-electron chi connectivity index (χ2n) is 2.50. The maximum Gasteiger partial charge on any atom is 0.267 e. The largest absolute Gasteiger partial charge is 0.397 e. The Morgan fingerprint density at radius 1 is 1.64 bits per heavy atom. The molecule has 1 aromatic rings. The van der Waals surface area contributed by atoms with Gasteiger partial charge in [0.1, 0.15) is 11.8 Å². The van der Waals surface area contributed by atoms with Gasteiger partial charge in [0.15, 0.2) is 0 Å². The Labute approximate surface area is 84.1 Å². The Morgan fingerprint density at radius 2 is 2.29 bits per heavy atom. The maximum absolute atomic E-state index is 12.5. The van der Waals surface area contributed by atoms with Crippen LogP contribution in [0.15, 0.2) is 6.20 Å². The summed E-state index contributed by atoms with van der Waals surface area (Å²) in [5, 5.41) is 8.55. The second-order valence-corrected chi connectivity index (χ2v) is 2.77. The molecule has 0 bridgehead atoms. The Hall–Kier alpha value is -1.41. The molecule has 14 heavy (non-hydrogen) atoms. The summed E-state index contributed by atoms with van der Waals surface area (Å²) < 4.78 is 25.1. The summed E-state index contributed by atoms with van der Waals surface area (Å²) in [5.41, 5.74) is 4.76. The minimum Gasteiger partial charge on any atom is -0.397 e. The van der Waals surface area contributed by atoms with Crippen molar-refractivity contribution >= 4 is 17.3 Å². The summed E-state index contributed by atoms with van der Waals surface area (Å²) >= 11 is 5.46. The molecule has 1 rings (SSSR count). The van der Waals surface area contributed by atoms with E-state index >= 15 is 0 Å². The van der Waals surface area contributed by atoms with Crippen molar-refractivity contribution in [2.24, 2.45) is 0 Å². The summed E-state index contributed by atoms with van der Waals surface area (Å²) in [7, 11) is 0. The molecule has 6 heteroatoms. The molecule has 0 aliphatic heterocycles. The van der Waals surface area contributed by atoms with Gasteiger partial charge in [-0.1, -0.05) is 0 Å². The summed E-state index contributed by atoms with van der Waals surface area (Å²) in [4.78, 5) is 3.50. The average molecular weight is 218 g/mol. The van der Waals surface area contributed by atoms with Gasteiger partial charge in [-0.25, -0.2) is 13.8 Å². The minimum atomic E-state index is -2.80. The van der Waals surface area contributed by atoms with Crippen molar-refractivity contribution in [3.63, 3.8) is 0 Å². The number of hydrogen-bond acceptors (Lipinski definition) is 3. The zero-order valence-corrected chi connectivity index (χ0v) is 7.72. The normalized spacial score (nSPS) is 10.2. The molecule has 3 nitrogen and oxygen atoms in total. The van der Waals surface area contributed by atoms with E-state index in [1.54, 1.807) is 6.07 Å². The fourth-order valence-electron chi connectivity index (χ4n) is 1.05. The third-order valence-corrected chi connectivity index (χ3v) is 1.99. The number of anilines is 1. The lowest BCUT2D eigenvalue weighted by atomic mass is 10.1. The van der Waals surface area contributed by atoms with Gasteiger partial charge in [0.2, 0.25) is 0 Å². The van der Waals surface area contributed by atoms with Crippen LogP contribution in [0, 0.1) is 11.3 Å². The van der Waals surface area contributed by atoms with Crippen LogP contribution in [-0.4, -0.2) is 4.98 Å². The number of rotatable bonds is 2. The van der Waals surface area contributed by atoms with Gasteiger partial charge in [-0.3, -0.25) is 0 Å². The summed E-state index contributed by atoms with van der Waals surface area (Å²) in [6.07, 6.45) is -1.64. The van der Waals surface area contributed by atoms with E-state index in [9.17, 15) is 8.78 Å². The molecule has 0 spiro atoms. The first-order valence-corrected chi connectivity index (χ1v) is 4.16. The van der Waals surface area contributed by atoms with Crippen LogP contribution in [0.4, 0.5) is 14.5 Å². The molecule has 0 saturated carbocycles. The number of pyridine rings is 1. The van der Waals surface area contributed by atoms with Crippen molar-refractivity contribution in [2.45, 2.75) is 12.3 Å². The smallest absolute Gasteiger partial charge is 0.267 e. The molecule has 0 radical (unpaired) electrons. The van der Waals surface area contributed by atoms with Crippen LogP contribution in [0.1, 0.15) is 23.2 Å². The van der Waals surface area contributed by atoms with Crippen LogP contribution in [0.3, 0.4) is 0 Å². The number of nitriles is 1. The zero-order valence-electron chi connectivity index (χ0n) is 6.97. The standard InChI is InChI=1S/C8H6ClF2N3/c9-1-4-5(13)3-14-6(2-12)7(4)8(10)11/h3,8H,1,13H2. The highest BCUT2D eigenvalue weighted by Crippen LogP contribution is 2.29. The van der Waals surface area contributed by atoms with E-state index in [1.165, 1.54) is 0 Å². The number of halogens is 3. The van der Waals surface area contributed by atoms with Gasteiger partial charge in [0.25, 0.3) is 6.43 Å². The fourth-order valence-corrected chi connectivity index (χ4v) is 1.35. The van der Waals surface area contributed by atoms with E-state index < -0.39 is 12.0 Å². The first-order valence-electron chi connectivity index (χ1n) is 3.63. The van der Waals surface area contributed by atoms with Crippen LogP contribution in [0.2, 0.25) is 0 Å². The number of nitrogen functional groups attached to an aromatic ring is 1. The molecule has 0 saturated heterocycles. The van der Waals surface area contributed by atoms with Crippen LogP contribution in [-0.2, 0) is 5.88 Å². The lowest BCUT2D eigenvalue weighted by molar-refractivity contribution is 0.150. The Kier molecular flexibility index (Phi) is 3.20. The van der Waals surface area contributed by atoms with Crippen LogP contribution >= 0.6 is 11.6 Å². The lowest BCUT2D eigenvalue weighted by Crippen LogP contribution is -2.04. The Morgan fingerprint density at radius 3 is 2.71 bits per heavy atom. The Bertz CT molecular complexity index is 387. The molecule has 0 fully saturated rings. The van der Waals surface area contributed by atoms with Crippen LogP contribution in [0.25, 0.3) is 0 Å². The second kappa shape index (κ2) is 4.20. The number of nitrogens with zero attached hydrogens (tertiary/aromatic N) is 2. The van der Waals surface area contributed by atoms with Crippen molar-refractivity contribution in [2.75, 3.05) is 5.73 Å². The van der Waals surface area contributed by atoms with E-state index in [-0.39, 0.29) is 22.8 Å². The number of nitrogens with two attached hydrogens (primary N) is 1. The highest BCUT2D eigenvalue weighted by Gasteiger charge is 2.20. The molecule has 0 unspecified atom stereocenters. The maximum atomic E-state index is 12.5. The molecule has 0 amide bonds. The highest BCUT2D eigenvalue weighted by atomic mass is 35.5. The van der Waals surface area contributed by atoms with Gasteiger partial charge >= 0.3 is 0 Å². The van der Waals surface area contributed by atoms with E-state index in [0.717, 1.165) is 6.20 Å². The topological polar surface area (TPSA) is 62.7 Å². The molecular formula is C8H6ClF2N3. The fraction of sp³-hybridized carbons (Fsp3) is 0.250. The molecule has 0 atom stereocenters. The van der Waals surface area contributed by atoms with Crippen molar-refractivity contribution in [3.8, 4) is 6.07 Å². The van der Waals surface area contributed by atoms with Gasteiger partial charge in [0.05, 0.1) is 23.3 Å². The molecule has 2 N–H and O–H groups in total. The molecule has 0 aromatic carbocycles. The molecule has 0 aliphatic rings. The predicted octanol–water partition coefficient (Wildman–Crippen LogP) is 2.21. The SMILES string of the molecule is N#Cc1ncc(N)c(CCl)c1C(F)F. The van der Waals surface area contributed by atoms with Crippen molar-refractivity contribution < 1.29 is 8.78 Å².